The standard InChI is InChI=1S/C24H30N6S/c1-15-18-6-16-7-19(15)10-24(8-16,9-18)14-29-21-20(11-25)13-28-23(30-21)27-12-17-4-3-5-26-22(17)31-2/h3-5,13,15-16,18-19H,6-10,12,14H2,1-2H3,(H2,27,28,29,30)/t15?,16?,18-,19+,24?. The number of thioether (sulfide) groups is 1. The lowest BCUT2D eigenvalue weighted by Gasteiger charge is -2.59. The van der Waals surface area contributed by atoms with Crippen LogP contribution in [0.2, 0.25) is 0 Å². The van der Waals surface area contributed by atoms with Crippen LogP contribution in [0.5, 0.6) is 0 Å². The molecule has 6 nitrogen and oxygen atoms in total. The van der Waals surface area contributed by atoms with Crippen molar-refractivity contribution in [3.63, 3.8) is 0 Å². The molecule has 2 heterocycles. The molecule has 4 aliphatic rings. The molecule has 0 spiro atoms. The van der Waals surface area contributed by atoms with Crippen LogP contribution in [0.25, 0.3) is 0 Å². The van der Waals surface area contributed by atoms with E-state index >= 15 is 0 Å². The third-order valence-corrected chi connectivity index (χ3v) is 8.65. The molecule has 5 atom stereocenters. The summed E-state index contributed by atoms with van der Waals surface area (Å²) in [5.74, 6) is 4.75. The van der Waals surface area contributed by atoms with Gasteiger partial charge in [-0.05, 0) is 73.5 Å². The maximum atomic E-state index is 9.58. The molecule has 0 aromatic carbocycles. The lowest BCUT2D eigenvalue weighted by Crippen LogP contribution is -2.52. The highest BCUT2D eigenvalue weighted by molar-refractivity contribution is 7.98. The SMILES string of the molecule is CSc1ncccc1CNc1ncc(C#N)c(NCC23CC4C[C@H](C2)C(C)[C@@H](C4)C3)n1. The molecule has 2 aromatic rings. The first-order valence-electron chi connectivity index (χ1n) is 11.3. The van der Waals surface area contributed by atoms with Gasteiger partial charge in [0.2, 0.25) is 5.95 Å². The summed E-state index contributed by atoms with van der Waals surface area (Å²) in [4.78, 5) is 13.4. The molecule has 2 aromatic heterocycles. The third kappa shape index (κ3) is 3.98. The molecule has 6 rings (SSSR count). The lowest BCUT2D eigenvalue weighted by atomic mass is 9.46. The van der Waals surface area contributed by atoms with Gasteiger partial charge in [-0.2, -0.15) is 10.2 Å². The predicted molar refractivity (Wildman–Crippen MR) is 124 cm³/mol. The molecule has 2 N–H and O–H groups in total. The highest BCUT2D eigenvalue weighted by atomic mass is 32.2. The van der Waals surface area contributed by atoms with Crippen LogP contribution in [0.3, 0.4) is 0 Å². The van der Waals surface area contributed by atoms with Gasteiger partial charge in [-0.15, -0.1) is 11.8 Å². The monoisotopic (exact) mass is 434 g/mol. The van der Waals surface area contributed by atoms with Gasteiger partial charge in [-0.25, -0.2) is 9.97 Å². The van der Waals surface area contributed by atoms with Crippen molar-refractivity contribution >= 4 is 23.5 Å². The zero-order chi connectivity index (χ0) is 21.4. The van der Waals surface area contributed by atoms with Gasteiger partial charge < -0.3 is 10.6 Å². The molecule has 4 bridgehead atoms. The van der Waals surface area contributed by atoms with E-state index in [1.165, 1.54) is 32.1 Å². The van der Waals surface area contributed by atoms with Gasteiger partial charge in [0.15, 0.2) is 0 Å². The summed E-state index contributed by atoms with van der Waals surface area (Å²) >= 11 is 1.63. The van der Waals surface area contributed by atoms with Crippen LogP contribution in [0, 0.1) is 40.4 Å². The maximum Gasteiger partial charge on any atom is 0.224 e. The molecule has 3 unspecified atom stereocenters. The molecule has 0 aliphatic heterocycles. The number of nitrogens with zero attached hydrogens (tertiary/aromatic N) is 4. The number of pyridine rings is 1. The van der Waals surface area contributed by atoms with E-state index in [1.807, 2.05) is 12.3 Å². The molecule has 7 heteroatoms. The third-order valence-electron chi connectivity index (χ3n) is 7.89. The number of hydrogen-bond donors (Lipinski definition) is 2. The van der Waals surface area contributed by atoms with Crippen molar-refractivity contribution < 1.29 is 0 Å². The van der Waals surface area contributed by atoms with Crippen molar-refractivity contribution in [1.29, 1.82) is 5.26 Å². The van der Waals surface area contributed by atoms with E-state index in [1.54, 1.807) is 24.2 Å². The fourth-order valence-electron chi connectivity index (χ4n) is 6.53. The summed E-state index contributed by atoms with van der Waals surface area (Å²) in [6.07, 6.45) is 12.3. The number of anilines is 2. The molecule has 0 saturated heterocycles. The minimum atomic E-state index is 0.372. The summed E-state index contributed by atoms with van der Waals surface area (Å²) in [7, 11) is 0. The van der Waals surface area contributed by atoms with Crippen molar-refractivity contribution in [3.8, 4) is 6.07 Å². The number of rotatable bonds is 7. The molecule has 162 valence electrons. The Kier molecular flexibility index (Phi) is 5.51. The first kappa shape index (κ1) is 20.6. The Morgan fingerprint density at radius 1 is 1.19 bits per heavy atom. The summed E-state index contributed by atoms with van der Waals surface area (Å²) in [6.45, 7) is 3.98. The molecule has 0 radical (unpaired) electrons. The van der Waals surface area contributed by atoms with Gasteiger partial charge in [0.1, 0.15) is 22.5 Å². The maximum absolute atomic E-state index is 9.58. The fraction of sp³-hybridized carbons (Fsp3) is 0.583. The normalized spacial score (nSPS) is 30.7. The van der Waals surface area contributed by atoms with Crippen molar-refractivity contribution in [2.24, 2.45) is 29.1 Å². The Morgan fingerprint density at radius 3 is 2.74 bits per heavy atom. The van der Waals surface area contributed by atoms with Crippen LogP contribution in [-0.4, -0.2) is 27.8 Å². The Labute approximate surface area is 188 Å². The van der Waals surface area contributed by atoms with Crippen molar-refractivity contribution in [1.82, 2.24) is 15.0 Å². The molecular formula is C24H30N6S. The van der Waals surface area contributed by atoms with Gasteiger partial charge in [0.25, 0.3) is 0 Å². The van der Waals surface area contributed by atoms with Crippen molar-refractivity contribution in [2.75, 3.05) is 23.4 Å². The minimum absolute atomic E-state index is 0.372. The predicted octanol–water partition coefficient (Wildman–Crippen LogP) is 4.95. The average Bonchev–Trinajstić information content (AvgIpc) is 2.79. The Bertz CT molecular complexity index is 986. The zero-order valence-corrected chi connectivity index (χ0v) is 19.1. The van der Waals surface area contributed by atoms with E-state index in [0.717, 1.165) is 40.8 Å². The smallest absolute Gasteiger partial charge is 0.224 e. The van der Waals surface area contributed by atoms with Crippen LogP contribution >= 0.6 is 11.8 Å². The average molecular weight is 435 g/mol. The van der Waals surface area contributed by atoms with Gasteiger partial charge in [0, 0.05) is 24.8 Å². The quantitative estimate of drug-likeness (QED) is 0.596. The summed E-state index contributed by atoms with van der Waals surface area (Å²) in [6, 6.07) is 6.25. The Morgan fingerprint density at radius 2 is 2.00 bits per heavy atom. The molecule has 4 fully saturated rings. The molecule has 4 saturated carbocycles. The summed E-state index contributed by atoms with van der Waals surface area (Å²) < 4.78 is 0. The Balaban J connectivity index is 1.29. The molecule has 4 aliphatic carbocycles. The zero-order valence-electron chi connectivity index (χ0n) is 18.3. The van der Waals surface area contributed by atoms with Crippen LogP contribution < -0.4 is 10.6 Å². The molecule has 0 amide bonds. The number of nitrogens with one attached hydrogen (secondary N) is 2. The summed E-state index contributed by atoms with van der Waals surface area (Å²) in [5.41, 5.74) is 1.99. The number of nitriles is 1. The largest absolute Gasteiger partial charge is 0.368 e. The van der Waals surface area contributed by atoms with E-state index < -0.39 is 0 Å². The van der Waals surface area contributed by atoms with Gasteiger partial charge in [0.05, 0.1) is 6.20 Å². The highest BCUT2D eigenvalue weighted by Crippen LogP contribution is 2.62. The Hall–Kier alpha value is -2.33. The summed E-state index contributed by atoms with van der Waals surface area (Å²) in [5, 5.41) is 17.4. The first-order valence-corrected chi connectivity index (χ1v) is 12.5. The topological polar surface area (TPSA) is 86.5 Å². The van der Waals surface area contributed by atoms with Crippen LogP contribution in [0.4, 0.5) is 11.8 Å². The molecule has 31 heavy (non-hydrogen) atoms. The van der Waals surface area contributed by atoms with Gasteiger partial charge >= 0.3 is 0 Å². The number of aromatic nitrogens is 3. The minimum Gasteiger partial charge on any atom is -0.368 e. The second-order valence-corrected chi connectivity index (χ2v) is 10.6. The van der Waals surface area contributed by atoms with Crippen LogP contribution in [0.15, 0.2) is 29.6 Å². The second-order valence-electron chi connectivity index (χ2n) is 9.78. The van der Waals surface area contributed by atoms with Crippen LogP contribution in [-0.2, 0) is 6.54 Å². The van der Waals surface area contributed by atoms with Gasteiger partial charge in [-0.1, -0.05) is 13.0 Å². The fourth-order valence-corrected chi connectivity index (χ4v) is 7.10. The van der Waals surface area contributed by atoms with Gasteiger partial charge in [-0.3, -0.25) is 0 Å². The van der Waals surface area contributed by atoms with E-state index in [4.69, 9.17) is 0 Å². The molecular weight excluding hydrogens is 404 g/mol. The van der Waals surface area contributed by atoms with E-state index in [2.05, 4.69) is 44.6 Å². The second kappa shape index (κ2) is 8.31. The van der Waals surface area contributed by atoms with E-state index in [9.17, 15) is 5.26 Å². The van der Waals surface area contributed by atoms with E-state index in [-0.39, 0.29) is 0 Å². The van der Waals surface area contributed by atoms with Crippen molar-refractivity contribution in [3.05, 3.63) is 35.7 Å². The van der Waals surface area contributed by atoms with Crippen molar-refractivity contribution in [2.45, 2.75) is 50.6 Å². The van der Waals surface area contributed by atoms with E-state index in [0.29, 0.717) is 29.3 Å². The lowest BCUT2D eigenvalue weighted by molar-refractivity contribution is -0.0822. The highest BCUT2D eigenvalue weighted by Gasteiger charge is 2.53. The number of hydrogen-bond acceptors (Lipinski definition) is 7. The first-order chi connectivity index (χ1) is 15.1. The van der Waals surface area contributed by atoms with Crippen LogP contribution in [0.1, 0.15) is 50.2 Å².